The van der Waals surface area contributed by atoms with Gasteiger partial charge in [-0.2, -0.15) is 13.2 Å². The van der Waals surface area contributed by atoms with Crippen molar-refractivity contribution in [3.05, 3.63) is 22.6 Å². The molecule has 0 aliphatic rings. The average Bonchev–Trinajstić information content (AvgIpc) is 1.78. The van der Waals surface area contributed by atoms with Crippen molar-refractivity contribution in [1.29, 1.82) is 0 Å². The first kappa shape index (κ1) is 5.93. The molecule has 0 saturated heterocycles. The maximum Gasteiger partial charge on any atom is 0.419 e. The Labute approximate surface area is 71.4 Å². The first-order valence-electron chi connectivity index (χ1n) is 3.40. The molecule has 0 N–H and O–H groups in total. The van der Waals surface area contributed by atoms with Crippen LogP contribution in [-0.2, 0) is 6.18 Å². The summed E-state index contributed by atoms with van der Waals surface area (Å²) in [5.41, 5.74) is -1.42. The highest BCUT2D eigenvalue weighted by atomic mass is 79.9. The van der Waals surface area contributed by atoms with Crippen LogP contribution < -0.4 is 0 Å². The second-order valence-electron chi connectivity index (χ2n) is 1.59. The van der Waals surface area contributed by atoms with E-state index in [9.17, 15) is 13.2 Å². The molecule has 0 bridgehead atoms. The van der Waals surface area contributed by atoms with E-state index in [0.717, 1.165) is 0 Å². The molecule has 0 radical (unpaired) electrons. The van der Waals surface area contributed by atoms with Gasteiger partial charge >= 0.3 is 6.18 Å². The predicted octanol–water partition coefficient (Wildman–Crippen LogP) is 2.26. The van der Waals surface area contributed by atoms with Gasteiger partial charge in [-0.1, -0.05) is 0 Å². The standard InChI is InChI=1S/C5H2BrF3N2/c6-4-10-1-3(2-11-4)5(7,8)9/h1-2H/i1D,2D. The lowest BCUT2D eigenvalue weighted by Gasteiger charge is -2.03. The topological polar surface area (TPSA) is 25.8 Å². The molecular formula is C5H2BrF3N2. The maximum atomic E-state index is 12.1. The summed E-state index contributed by atoms with van der Waals surface area (Å²) in [5.74, 6) is 0. The van der Waals surface area contributed by atoms with E-state index >= 15 is 0 Å². The molecule has 11 heavy (non-hydrogen) atoms. The second kappa shape index (κ2) is 2.77. The fourth-order valence-electron chi connectivity index (χ4n) is 0.381. The molecule has 60 valence electrons. The third kappa shape index (κ3) is 2.14. The lowest BCUT2D eigenvalue weighted by atomic mass is 10.3. The van der Waals surface area contributed by atoms with E-state index in [2.05, 4.69) is 25.9 Å². The van der Waals surface area contributed by atoms with Gasteiger partial charge in [0, 0.05) is 12.3 Å². The molecule has 0 aliphatic heterocycles. The summed E-state index contributed by atoms with van der Waals surface area (Å²) < 4.78 is 49.9. The molecule has 0 fully saturated rings. The summed E-state index contributed by atoms with van der Waals surface area (Å²) in [4.78, 5) is 6.27. The van der Waals surface area contributed by atoms with Crippen molar-refractivity contribution >= 4 is 15.9 Å². The fourth-order valence-corrected chi connectivity index (χ4v) is 0.558. The van der Waals surface area contributed by atoms with Crippen LogP contribution in [0.2, 0.25) is 0 Å². The van der Waals surface area contributed by atoms with Crippen LogP contribution in [0.3, 0.4) is 0 Å². The SMILES string of the molecule is [2H]c1nc(Br)nc([2H])c1C(F)(F)F. The highest BCUT2D eigenvalue weighted by molar-refractivity contribution is 9.10. The fraction of sp³-hybridized carbons (Fsp3) is 0.200. The monoisotopic (exact) mass is 228 g/mol. The number of rotatable bonds is 0. The maximum absolute atomic E-state index is 12.1. The molecule has 6 heteroatoms. The Morgan fingerprint density at radius 2 is 1.82 bits per heavy atom. The van der Waals surface area contributed by atoms with Crippen molar-refractivity contribution < 1.29 is 15.9 Å². The third-order valence-corrected chi connectivity index (χ3v) is 1.16. The lowest BCUT2D eigenvalue weighted by Crippen LogP contribution is -2.05. The molecule has 0 spiro atoms. The zero-order chi connectivity index (χ0) is 10.2. The molecule has 0 atom stereocenters. The molecule has 2 nitrogen and oxygen atoms in total. The van der Waals surface area contributed by atoms with Gasteiger partial charge < -0.3 is 0 Å². The number of nitrogens with zero attached hydrogens (tertiary/aromatic N) is 2. The highest BCUT2D eigenvalue weighted by Crippen LogP contribution is 2.27. The van der Waals surface area contributed by atoms with Crippen LogP contribution in [0, 0.1) is 0 Å². The van der Waals surface area contributed by atoms with Crippen LogP contribution in [0.15, 0.2) is 17.1 Å². The van der Waals surface area contributed by atoms with Crippen LogP contribution in [0.25, 0.3) is 0 Å². The van der Waals surface area contributed by atoms with Crippen molar-refractivity contribution in [2.24, 2.45) is 0 Å². The predicted molar refractivity (Wildman–Crippen MR) is 34.7 cm³/mol. The van der Waals surface area contributed by atoms with Gasteiger partial charge in [0.05, 0.1) is 8.30 Å². The van der Waals surface area contributed by atoms with Crippen molar-refractivity contribution in [3.8, 4) is 0 Å². The van der Waals surface area contributed by atoms with Gasteiger partial charge in [0.1, 0.15) is 0 Å². The Morgan fingerprint density at radius 1 is 1.36 bits per heavy atom. The van der Waals surface area contributed by atoms with Gasteiger partial charge in [0.25, 0.3) is 0 Å². The lowest BCUT2D eigenvalue weighted by molar-refractivity contribution is -0.138. The molecule has 1 aromatic heterocycles. The Morgan fingerprint density at radius 3 is 2.18 bits per heavy atom. The van der Waals surface area contributed by atoms with E-state index in [4.69, 9.17) is 2.74 Å². The van der Waals surface area contributed by atoms with Crippen LogP contribution in [-0.4, -0.2) is 9.97 Å². The minimum atomic E-state index is -4.76. The van der Waals surface area contributed by atoms with Crippen LogP contribution in [0.4, 0.5) is 13.2 Å². The average molecular weight is 229 g/mol. The summed E-state index contributed by atoms with van der Waals surface area (Å²) in [5, 5.41) is 0. The summed E-state index contributed by atoms with van der Waals surface area (Å²) >= 11 is 2.68. The normalized spacial score (nSPS) is 14.2. The number of hydrogen-bond donors (Lipinski definition) is 0. The quantitative estimate of drug-likeness (QED) is 0.637. The van der Waals surface area contributed by atoms with E-state index in [1.165, 1.54) is 0 Å². The van der Waals surface area contributed by atoms with Gasteiger partial charge in [0.15, 0.2) is 4.73 Å². The first-order valence-corrected chi connectivity index (χ1v) is 3.19. The van der Waals surface area contributed by atoms with Crippen molar-refractivity contribution in [3.63, 3.8) is 0 Å². The van der Waals surface area contributed by atoms with Gasteiger partial charge in [-0.3, -0.25) is 0 Å². The number of alkyl halides is 3. The Balaban J connectivity index is 3.38. The highest BCUT2D eigenvalue weighted by Gasteiger charge is 2.31. The zero-order valence-electron chi connectivity index (χ0n) is 6.91. The van der Waals surface area contributed by atoms with E-state index < -0.39 is 24.1 Å². The van der Waals surface area contributed by atoms with Gasteiger partial charge in [-0.25, -0.2) is 9.97 Å². The van der Waals surface area contributed by atoms with Crippen LogP contribution in [0.5, 0.6) is 0 Å². The summed E-state index contributed by atoms with van der Waals surface area (Å²) in [7, 11) is 0. The van der Waals surface area contributed by atoms with Crippen molar-refractivity contribution in [2.75, 3.05) is 0 Å². The van der Waals surface area contributed by atoms with Crippen molar-refractivity contribution in [2.45, 2.75) is 6.18 Å². The summed E-state index contributed by atoms with van der Waals surface area (Å²) in [6.07, 6.45) is -6.76. The van der Waals surface area contributed by atoms with Crippen LogP contribution >= 0.6 is 15.9 Å². The Kier molecular flexibility index (Phi) is 1.49. The van der Waals surface area contributed by atoms with E-state index in [1.54, 1.807) is 0 Å². The molecule has 1 rings (SSSR count). The van der Waals surface area contributed by atoms with Crippen LogP contribution in [0.1, 0.15) is 8.30 Å². The van der Waals surface area contributed by atoms with Gasteiger partial charge in [0.2, 0.25) is 0 Å². The van der Waals surface area contributed by atoms with E-state index in [1.807, 2.05) is 0 Å². The first-order chi connectivity index (χ1) is 5.82. The zero-order valence-corrected chi connectivity index (χ0v) is 6.49. The number of hydrogen-bond acceptors (Lipinski definition) is 2. The molecule has 0 amide bonds. The largest absolute Gasteiger partial charge is 0.419 e. The second-order valence-corrected chi connectivity index (χ2v) is 2.30. The minimum absolute atomic E-state index is 0.199. The Hall–Kier alpha value is -0.650. The van der Waals surface area contributed by atoms with Gasteiger partial charge in [-0.05, 0) is 15.9 Å². The van der Waals surface area contributed by atoms with Gasteiger partial charge in [-0.15, -0.1) is 0 Å². The third-order valence-electron chi connectivity index (χ3n) is 0.803. The summed E-state index contributed by atoms with van der Waals surface area (Å²) in [6.45, 7) is 0. The molecular weight excluding hydrogens is 225 g/mol. The smallest absolute Gasteiger partial charge is 0.230 e. The number of aromatic nitrogens is 2. The minimum Gasteiger partial charge on any atom is -0.230 e. The summed E-state index contributed by atoms with van der Waals surface area (Å²) in [6, 6.07) is 0. The van der Waals surface area contributed by atoms with Crippen molar-refractivity contribution in [1.82, 2.24) is 9.97 Å². The molecule has 0 unspecified atom stereocenters. The Bertz CT molecular complexity index is 318. The van der Waals surface area contributed by atoms with E-state index in [-0.39, 0.29) is 4.73 Å². The number of halogens is 4. The molecule has 0 aromatic carbocycles. The molecule has 1 aromatic rings. The molecule has 1 heterocycles. The molecule has 0 aliphatic carbocycles. The van der Waals surface area contributed by atoms with E-state index in [0.29, 0.717) is 0 Å². The molecule has 0 saturated carbocycles.